The lowest BCUT2D eigenvalue weighted by Crippen LogP contribution is -2.50. The summed E-state index contributed by atoms with van der Waals surface area (Å²) in [7, 11) is 0. The van der Waals surface area contributed by atoms with Gasteiger partial charge in [-0.2, -0.15) is 0 Å². The van der Waals surface area contributed by atoms with Crippen LogP contribution in [0.15, 0.2) is 24.3 Å². The molecule has 0 spiro atoms. The fraction of sp³-hybridized carbons (Fsp3) is 0.300. The first-order valence-electron chi connectivity index (χ1n) is 4.38. The first-order chi connectivity index (χ1) is 7.12. The van der Waals surface area contributed by atoms with E-state index in [2.05, 4.69) is 0 Å². The van der Waals surface area contributed by atoms with Gasteiger partial charge in [-0.1, -0.05) is 23.7 Å². The molecule has 0 aromatic heterocycles. The first-order valence-corrected chi connectivity index (χ1v) is 4.76. The van der Waals surface area contributed by atoms with Gasteiger partial charge in [-0.15, -0.1) is 0 Å². The molecule has 1 aliphatic rings. The highest BCUT2D eigenvalue weighted by Gasteiger charge is 2.44. The Labute approximate surface area is 91.4 Å². The molecule has 4 nitrogen and oxygen atoms in total. The van der Waals surface area contributed by atoms with E-state index < -0.39 is 11.8 Å². The lowest BCUT2D eigenvalue weighted by Gasteiger charge is -2.39. The van der Waals surface area contributed by atoms with E-state index in [1.807, 2.05) is 0 Å². The quantitative estimate of drug-likeness (QED) is 0.789. The van der Waals surface area contributed by atoms with Gasteiger partial charge >= 0.3 is 6.16 Å². The van der Waals surface area contributed by atoms with Gasteiger partial charge in [0.05, 0.1) is 13.2 Å². The van der Waals surface area contributed by atoms with Gasteiger partial charge in [0, 0.05) is 10.6 Å². The van der Waals surface area contributed by atoms with Crippen LogP contribution in [0.25, 0.3) is 0 Å². The zero-order valence-corrected chi connectivity index (χ0v) is 8.53. The number of carbonyl (C=O) groups is 1. The minimum Gasteiger partial charge on any atom is -0.450 e. The summed E-state index contributed by atoms with van der Waals surface area (Å²) < 4.78 is 9.85. The molecule has 0 atom stereocenters. The van der Waals surface area contributed by atoms with Crippen LogP contribution in [0, 0.1) is 0 Å². The van der Waals surface area contributed by atoms with Gasteiger partial charge in [0.25, 0.3) is 0 Å². The van der Waals surface area contributed by atoms with Crippen molar-refractivity contribution in [2.24, 2.45) is 0 Å². The molecule has 80 valence electrons. The Hall–Kier alpha value is -1.26. The molecule has 1 aliphatic heterocycles. The average Bonchev–Trinajstić information content (AvgIpc) is 2.13. The average molecular weight is 229 g/mol. The predicted molar refractivity (Wildman–Crippen MR) is 53.1 cm³/mol. The molecule has 0 unspecified atom stereocenters. The topological polar surface area (TPSA) is 55.8 Å². The molecule has 0 saturated carbocycles. The summed E-state index contributed by atoms with van der Waals surface area (Å²) >= 11 is 5.74. The summed E-state index contributed by atoms with van der Waals surface area (Å²) in [4.78, 5) is 10.5. The molecule has 1 N–H and O–H groups in total. The molecule has 15 heavy (non-hydrogen) atoms. The van der Waals surface area contributed by atoms with Crippen molar-refractivity contribution in [3.05, 3.63) is 34.9 Å². The second-order valence-electron chi connectivity index (χ2n) is 3.36. The Balaban J connectivity index is 2.26. The van der Waals surface area contributed by atoms with E-state index in [4.69, 9.17) is 26.2 Å². The van der Waals surface area contributed by atoms with Gasteiger partial charge in [0.15, 0.2) is 5.60 Å². The molecule has 1 fully saturated rings. The number of halogens is 1. The Morgan fingerprint density at radius 2 is 2.00 bits per heavy atom. The number of hydrogen-bond acceptors (Lipinski definition) is 3. The minimum absolute atomic E-state index is 0.251. The van der Waals surface area contributed by atoms with Crippen LogP contribution in [0.3, 0.4) is 0 Å². The SMILES string of the molecule is O=C(O)OC1(c2ccc(Cl)cc2)COC1. The van der Waals surface area contributed by atoms with E-state index in [0.717, 1.165) is 5.56 Å². The predicted octanol–water partition coefficient (Wildman–Crippen LogP) is 2.26. The van der Waals surface area contributed by atoms with Crippen molar-refractivity contribution < 1.29 is 19.4 Å². The highest BCUT2D eigenvalue weighted by molar-refractivity contribution is 6.30. The van der Waals surface area contributed by atoms with Gasteiger partial charge in [-0.25, -0.2) is 4.79 Å². The normalized spacial score (nSPS) is 17.9. The third-order valence-corrected chi connectivity index (χ3v) is 2.58. The van der Waals surface area contributed by atoms with Gasteiger partial charge in [-0.3, -0.25) is 0 Å². The summed E-state index contributed by atoms with van der Waals surface area (Å²) in [5, 5.41) is 9.23. The summed E-state index contributed by atoms with van der Waals surface area (Å²) in [6, 6.07) is 6.88. The van der Waals surface area contributed by atoms with Crippen molar-refractivity contribution >= 4 is 17.8 Å². The second-order valence-corrected chi connectivity index (χ2v) is 3.80. The summed E-state index contributed by atoms with van der Waals surface area (Å²) in [5.74, 6) is 0. The minimum atomic E-state index is -1.30. The zero-order chi connectivity index (χ0) is 10.9. The van der Waals surface area contributed by atoms with Gasteiger partial charge in [0.1, 0.15) is 0 Å². The van der Waals surface area contributed by atoms with E-state index in [1.165, 1.54) is 0 Å². The van der Waals surface area contributed by atoms with Crippen molar-refractivity contribution in [3.63, 3.8) is 0 Å². The van der Waals surface area contributed by atoms with Crippen LogP contribution < -0.4 is 0 Å². The lowest BCUT2D eigenvalue weighted by atomic mass is 9.92. The molecule has 2 rings (SSSR count). The Morgan fingerprint density at radius 1 is 1.40 bits per heavy atom. The molecule has 0 bridgehead atoms. The fourth-order valence-corrected chi connectivity index (χ4v) is 1.62. The molecular weight excluding hydrogens is 220 g/mol. The van der Waals surface area contributed by atoms with E-state index in [1.54, 1.807) is 24.3 Å². The maximum atomic E-state index is 10.5. The molecule has 1 heterocycles. The molecule has 0 aliphatic carbocycles. The van der Waals surface area contributed by atoms with Gasteiger partial charge in [-0.05, 0) is 12.1 Å². The number of hydrogen-bond donors (Lipinski definition) is 1. The third-order valence-electron chi connectivity index (χ3n) is 2.32. The maximum absolute atomic E-state index is 10.5. The van der Waals surface area contributed by atoms with Gasteiger partial charge < -0.3 is 14.6 Å². The van der Waals surface area contributed by atoms with Crippen molar-refractivity contribution in [3.8, 4) is 0 Å². The molecule has 1 aromatic carbocycles. The maximum Gasteiger partial charge on any atom is 0.506 e. The Bertz CT molecular complexity index is 370. The van der Waals surface area contributed by atoms with E-state index in [9.17, 15) is 4.79 Å². The summed E-state index contributed by atoms with van der Waals surface area (Å²) in [6.07, 6.45) is -1.30. The standard InChI is InChI=1S/C10H9ClO4/c11-8-3-1-7(2-4-8)10(5-14-6-10)15-9(12)13/h1-4H,5-6H2,(H,12,13). The third kappa shape index (κ3) is 1.91. The molecular formula is C10H9ClO4. The number of rotatable bonds is 2. The largest absolute Gasteiger partial charge is 0.506 e. The summed E-state index contributed by atoms with van der Waals surface area (Å²) in [6.45, 7) is 0.502. The molecule has 1 saturated heterocycles. The molecule has 1 aromatic rings. The van der Waals surface area contributed by atoms with Crippen LogP contribution in [-0.4, -0.2) is 24.5 Å². The van der Waals surface area contributed by atoms with Crippen LogP contribution in [0.5, 0.6) is 0 Å². The highest BCUT2D eigenvalue weighted by Crippen LogP contribution is 2.34. The van der Waals surface area contributed by atoms with Crippen LogP contribution in [0.1, 0.15) is 5.56 Å². The molecule has 0 radical (unpaired) electrons. The van der Waals surface area contributed by atoms with Gasteiger partial charge in [0.2, 0.25) is 0 Å². The number of ether oxygens (including phenoxy) is 2. The molecule has 5 heteroatoms. The monoisotopic (exact) mass is 228 g/mol. The highest BCUT2D eigenvalue weighted by atomic mass is 35.5. The van der Waals surface area contributed by atoms with Crippen LogP contribution in [-0.2, 0) is 15.1 Å². The van der Waals surface area contributed by atoms with Crippen molar-refractivity contribution in [1.82, 2.24) is 0 Å². The van der Waals surface area contributed by atoms with Crippen molar-refractivity contribution in [1.29, 1.82) is 0 Å². The number of carboxylic acid groups (broad SMARTS) is 1. The van der Waals surface area contributed by atoms with Crippen molar-refractivity contribution in [2.75, 3.05) is 13.2 Å². The fourth-order valence-electron chi connectivity index (χ4n) is 1.49. The van der Waals surface area contributed by atoms with E-state index in [-0.39, 0.29) is 13.2 Å². The van der Waals surface area contributed by atoms with Crippen LogP contribution >= 0.6 is 11.6 Å². The van der Waals surface area contributed by atoms with E-state index in [0.29, 0.717) is 5.02 Å². The number of benzene rings is 1. The first kappa shape index (κ1) is 10.3. The van der Waals surface area contributed by atoms with E-state index >= 15 is 0 Å². The lowest BCUT2D eigenvalue weighted by molar-refractivity contribution is -0.192. The van der Waals surface area contributed by atoms with Crippen LogP contribution in [0.2, 0.25) is 5.02 Å². The second kappa shape index (κ2) is 3.72. The Kier molecular flexibility index (Phi) is 2.54. The Morgan fingerprint density at radius 3 is 2.40 bits per heavy atom. The zero-order valence-electron chi connectivity index (χ0n) is 7.77. The smallest absolute Gasteiger partial charge is 0.450 e. The van der Waals surface area contributed by atoms with Crippen LogP contribution in [0.4, 0.5) is 4.79 Å². The summed E-state index contributed by atoms with van der Waals surface area (Å²) in [5.41, 5.74) is -0.0864. The van der Waals surface area contributed by atoms with Crippen molar-refractivity contribution in [2.45, 2.75) is 5.60 Å². The molecule has 0 amide bonds.